The number of nitrogens with zero attached hydrogens (tertiary/aromatic N) is 4. The highest BCUT2D eigenvalue weighted by Gasteiger charge is 2.58. The van der Waals surface area contributed by atoms with Crippen LogP contribution in [-0.4, -0.2) is 58.3 Å². The maximum absolute atomic E-state index is 11.8. The zero-order valence-electron chi connectivity index (χ0n) is 12.1. The maximum Gasteiger partial charge on any atom is 0.313 e. The molecule has 2 atom stereocenters. The molecule has 0 saturated carbocycles. The number of carbonyl (C=O) groups is 2. The maximum atomic E-state index is 11.8. The average molecular weight is 310 g/mol. The summed E-state index contributed by atoms with van der Waals surface area (Å²) in [4.78, 5) is 27.0. The van der Waals surface area contributed by atoms with Crippen LogP contribution in [0, 0.1) is 11.3 Å². The molecule has 0 bridgehead atoms. The predicted molar refractivity (Wildman–Crippen MR) is 77.3 cm³/mol. The molecule has 0 spiro atoms. The van der Waals surface area contributed by atoms with Gasteiger partial charge in [-0.2, -0.15) is 0 Å². The fourth-order valence-corrected chi connectivity index (χ4v) is 4.06. The fraction of sp³-hybridized carbons (Fsp3) is 0.692. The van der Waals surface area contributed by atoms with Crippen molar-refractivity contribution in [1.82, 2.24) is 15.1 Å². The number of aromatic nitrogens is 2. The van der Waals surface area contributed by atoms with Crippen molar-refractivity contribution in [2.24, 2.45) is 11.3 Å². The molecule has 2 saturated heterocycles. The number of likely N-dealkylation sites (tertiary alicyclic amines) is 1. The van der Waals surface area contributed by atoms with E-state index < -0.39 is 11.4 Å². The fourth-order valence-electron chi connectivity index (χ4n) is 3.27. The van der Waals surface area contributed by atoms with Gasteiger partial charge in [0.25, 0.3) is 0 Å². The van der Waals surface area contributed by atoms with Gasteiger partial charge in [0.1, 0.15) is 10.4 Å². The minimum absolute atomic E-state index is 0.0483. The molecule has 3 rings (SSSR count). The number of rotatable bonds is 3. The molecule has 7 nitrogen and oxygen atoms in total. The summed E-state index contributed by atoms with van der Waals surface area (Å²) in [5.41, 5.74) is -0.871. The number of carboxylic acid groups (broad SMARTS) is 1. The number of aryl methyl sites for hydroxylation is 1. The van der Waals surface area contributed by atoms with Crippen molar-refractivity contribution in [3.63, 3.8) is 0 Å². The Bertz CT molecular complexity index is 590. The monoisotopic (exact) mass is 310 g/mol. The van der Waals surface area contributed by atoms with E-state index in [1.165, 1.54) is 18.3 Å². The van der Waals surface area contributed by atoms with Gasteiger partial charge in [0.15, 0.2) is 0 Å². The molecule has 2 fully saturated rings. The van der Waals surface area contributed by atoms with Crippen LogP contribution in [0.15, 0.2) is 0 Å². The second-order valence-electron chi connectivity index (χ2n) is 5.77. The van der Waals surface area contributed by atoms with Gasteiger partial charge in [-0.3, -0.25) is 9.59 Å². The number of hydrogen-bond donors (Lipinski definition) is 1. The Morgan fingerprint density at radius 1 is 1.38 bits per heavy atom. The summed E-state index contributed by atoms with van der Waals surface area (Å²) in [6.45, 7) is 5.33. The summed E-state index contributed by atoms with van der Waals surface area (Å²) in [5.74, 6) is -0.924. The number of carboxylic acids is 1. The molecule has 1 N–H and O–H groups in total. The molecule has 3 heterocycles. The first-order valence-electron chi connectivity index (χ1n) is 7.02. The van der Waals surface area contributed by atoms with Crippen LogP contribution in [0.25, 0.3) is 0 Å². The summed E-state index contributed by atoms with van der Waals surface area (Å²) in [6, 6.07) is 0. The molecule has 8 heteroatoms. The molecule has 2 aliphatic heterocycles. The lowest BCUT2D eigenvalue weighted by molar-refractivity contribution is -0.148. The van der Waals surface area contributed by atoms with Crippen LogP contribution in [-0.2, 0) is 16.0 Å². The van der Waals surface area contributed by atoms with Crippen molar-refractivity contribution in [2.75, 3.05) is 31.1 Å². The molecule has 0 radical (unpaired) electrons. The highest BCUT2D eigenvalue weighted by Crippen LogP contribution is 2.44. The van der Waals surface area contributed by atoms with E-state index >= 15 is 0 Å². The zero-order chi connectivity index (χ0) is 15.2. The molecular weight excluding hydrogens is 292 g/mol. The first kappa shape index (κ1) is 14.2. The SMILES string of the molecule is CCc1nnc(N2C[C@@H]3CN(C(C)=O)C[C@]3(C(=O)O)C2)s1. The third kappa shape index (κ3) is 2.17. The third-order valence-corrected chi connectivity index (χ3v) is 5.64. The molecule has 114 valence electrons. The van der Waals surface area contributed by atoms with Gasteiger partial charge in [0, 0.05) is 39.0 Å². The first-order chi connectivity index (χ1) is 9.96. The molecule has 1 aromatic heterocycles. The number of aliphatic carboxylic acids is 1. The molecule has 1 amide bonds. The van der Waals surface area contributed by atoms with Crippen LogP contribution in [0.3, 0.4) is 0 Å². The number of fused-ring (bicyclic) bond motifs is 1. The summed E-state index contributed by atoms with van der Waals surface area (Å²) in [7, 11) is 0. The Morgan fingerprint density at radius 2 is 2.14 bits per heavy atom. The van der Waals surface area contributed by atoms with Crippen molar-refractivity contribution < 1.29 is 14.7 Å². The van der Waals surface area contributed by atoms with Crippen molar-refractivity contribution in [2.45, 2.75) is 20.3 Å². The normalized spacial score (nSPS) is 28.0. The lowest BCUT2D eigenvalue weighted by atomic mass is 9.81. The minimum atomic E-state index is -0.871. The first-order valence-corrected chi connectivity index (χ1v) is 7.84. The van der Waals surface area contributed by atoms with Gasteiger partial charge in [0.2, 0.25) is 11.0 Å². The highest BCUT2D eigenvalue weighted by molar-refractivity contribution is 7.15. The smallest absolute Gasteiger partial charge is 0.313 e. The van der Waals surface area contributed by atoms with E-state index in [1.54, 1.807) is 4.90 Å². The van der Waals surface area contributed by atoms with E-state index in [0.717, 1.165) is 16.6 Å². The summed E-state index contributed by atoms with van der Waals surface area (Å²) >= 11 is 1.52. The average Bonchev–Trinajstić information content (AvgIpc) is 3.09. The topological polar surface area (TPSA) is 86.6 Å². The number of anilines is 1. The Kier molecular flexibility index (Phi) is 3.35. The van der Waals surface area contributed by atoms with Crippen LogP contribution in [0.1, 0.15) is 18.9 Å². The van der Waals surface area contributed by atoms with Crippen LogP contribution in [0.4, 0.5) is 5.13 Å². The predicted octanol–water partition coefficient (Wildman–Crippen LogP) is 0.470. The largest absolute Gasteiger partial charge is 0.481 e. The van der Waals surface area contributed by atoms with Crippen LogP contribution in [0.5, 0.6) is 0 Å². The summed E-state index contributed by atoms with van der Waals surface area (Å²) in [5, 5.41) is 19.7. The summed E-state index contributed by atoms with van der Waals surface area (Å²) in [6.07, 6.45) is 0.830. The molecule has 1 aromatic rings. The van der Waals surface area contributed by atoms with Gasteiger partial charge in [-0.15, -0.1) is 10.2 Å². The third-order valence-electron chi connectivity index (χ3n) is 4.51. The summed E-state index contributed by atoms with van der Waals surface area (Å²) < 4.78 is 0. The molecule has 0 aromatic carbocycles. The Hall–Kier alpha value is -1.70. The van der Waals surface area contributed by atoms with Gasteiger partial charge < -0.3 is 14.9 Å². The Labute approximate surface area is 126 Å². The van der Waals surface area contributed by atoms with E-state index in [4.69, 9.17) is 0 Å². The van der Waals surface area contributed by atoms with Crippen LogP contribution >= 0.6 is 11.3 Å². The van der Waals surface area contributed by atoms with Crippen LogP contribution < -0.4 is 4.90 Å². The van der Waals surface area contributed by atoms with Crippen molar-refractivity contribution in [3.05, 3.63) is 5.01 Å². The quantitative estimate of drug-likeness (QED) is 0.873. The number of hydrogen-bond acceptors (Lipinski definition) is 6. The molecule has 0 unspecified atom stereocenters. The second kappa shape index (κ2) is 4.94. The van der Waals surface area contributed by atoms with Crippen molar-refractivity contribution in [1.29, 1.82) is 0 Å². The minimum Gasteiger partial charge on any atom is -0.481 e. The molecule has 2 aliphatic rings. The molecular formula is C13H18N4O3S. The van der Waals surface area contributed by atoms with Gasteiger partial charge in [0.05, 0.1) is 0 Å². The molecule has 21 heavy (non-hydrogen) atoms. The Morgan fingerprint density at radius 3 is 2.67 bits per heavy atom. The van der Waals surface area contributed by atoms with E-state index in [2.05, 4.69) is 10.2 Å². The second-order valence-corrected chi connectivity index (χ2v) is 6.81. The van der Waals surface area contributed by atoms with Crippen molar-refractivity contribution in [3.8, 4) is 0 Å². The van der Waals surface area contributed by atoms with E-state index in [9.17, 15) is 14.7 Å². The van der Waals surface area contributed by atoms with E-state index in [-0.39, 0.29) is 18.4 Å². The van der Waals surface area contributed by atoms with Gasteiger partial charge in [-0.25, -0.2) is 0 Å². The van der Waals surface area contributed by atoms with E-state index in [1.807, 2.05) is 11.8 Å². The number of carbonyl (C=O) groups excluding carboxylic acids is 1. The van der Waals surface area contributed by atoms with Gasteiger partial charge >= 0.3 is 5.97 Å². The highest BCUT2D eigenvalue weighted by atomic mass is 32.1. The van der Waals surface area contributed by atoms with Crippen LogP contribution in [0.2, 0.25) is 0 Å². The van der Waals surface area contributed by atoms with Crippen molar-refractivity contribution >= 4 is 28.3 Å². The molecule has 0 aliphatic carbocycles. The van der Waals surface area contributed by atoms with E-state index in [0.29, 0.717) is 19.6 Å². The lowest BCUT2D eigenvalue weighted by Gasteiger charge is -2.24. The number of amides is 1. The standard InChI is InChI=1S/C13H18N4O3S/c1-3-10-14-15-12(21-10)17-5-9-4-16(8(2)18)6-13(9,7-17)11(19)20/h9H,3-7H2,1-2H3,(H,19,20)/t9-,13-/m0/s1. The Balaban J connectivity index is 1.84. The lowest BCUT2D eigenvalue weighted by Crippen LogP contribution is -2.41. The zero-order valence-corrected chi connectivity index (χ0v) is 12.9. The van der Waals surface area contributed by atoms with Gasteiger partial charge in [-0.05, 0) is 6.42 Å². The van der Waals surface area contributed by atoms with Gasteiger partial charge in [-0.1, -0.05) is 18.3 Å².